The van der Waals surface area contributed by atoms with E-state index in [2.05, 4.69) is 20.6 Å². The summed E-state index contributed by atoms with van der Waals surface area (Å²) in [5, 5.41) is 6.42. The van der Waals surface area contributed by atoms with Crippen LogP contribution in [-0.2, 0) is 13.1 Å². The van der Waals surface area contributed by atoms with Crippen LogP contribution in [0.25, 0.3) is 11.5 Å². The van der Waals surface area contributed by atoms with E-state index in [4.69, 9.17) is 4.42 Å². The van der Waals surface area contributed by atoms with Gasteiger partial charge in [0.05, 0.1) is 18.8 Å². The number of aliphatic imine (C=N–C) groups is 1. The Kier molecular flexibility index (Phi) is 6.20. The Balaban J connectivity index is 1.61. The molecule has 0 amide bonds. The van der Waals surface area contributed by atoms with E-state index in [1.807, 2.05) is 38.1 Å². The highest BCUT2D eigenvalue weighted by Gasteiger charge is 2.07. The van der Waals surface area contributed by atoms with Crippen LogP contribution in [0.15, 0.2) is 64.2 Å². The van der Waals surface area contributed by atoms with Gasteiger partial charge in [-0.1, -0.05) is 29.8 Å². The average Bonchev–Trinajstić information content (AvgIpc) is 3.15. The van der Waals surface area contributed by atoms with Gasteiger partial charge in [0.15, 0.2) is 5.96 Å². The van der Waals surface area contributed by atoms with Crippen molar-refractivity contribution in [2.45, 2.75) is 26.9 Å². The van der Waals surface area contributed by atoms with E-state index in [0.29, 0.717) is 24.9 Å². The van der Waals surface area contributed by atoms with Crippen molar-refractivity contribution in [2.24, 2.45) is 4.99 Å². The first kappa shape index (κ1) is 18.6. The molecule has 0 atom stereocenters. The van der Waals surface area contributed by atoms with Crippen molar-refractivity contribution in [1.82, 2.24) is 15.6 Å². The zero-order valence-corrected chi connectivity index (χ0v) is 15.5. The molecule has 0 saturated heterocycles. The zero-order valence-electron chi connectivity index (χ0n) is 15.5. The first-order chi connectivity index (χ1) is 13.1. The molecule has 6 heteroatoms. The number of nitrogens with zero attached hydrogens (tertiary/aromatic N) is 2. The van der Waals surface area contributed by atoms with Gasteiger partial charge in [-0.05, 0) is 43.7 Å². The van der Waals surface area contributed by atoms with Crippen LogP contribution in [0, 0.1) is 12.7 Å². The van der Waals surface area contributed by atoms with Crippen LogP contribution in [0.1, 0.15) is 23.7 Å². The third-order valence-corrected chi connectivity index (χ3v) is 3.96. The Bertz CT molecular complexity index is 885. The van der Waals surface area contributed by atoms with Crippen LogP contribution in [0.3, 0.4) is 0 Å². The fraction of sp³-hybridized carbons (Fsp3) is 0.238. The molecule has 3 aromatic rings. The molecule has 5 nitrogen and oxygen atoms in total. The van der Waals surface area contributed by atoms with Gasteiger partial charge in [0.25, 0.3) is 0 Å². The van der Waals surface area contributed by atoms with Crippen molar-refractivity contribution in [3.05, 3.63) is 77.4 Å². The highest BCUT2D eigenvalue weighted by molar-refractivity contribution is 5.79. The minimum Gasteiger partial charge on any atom is -0.444 e. The number of rotatable bonds is 6. The van der Waals surface area contributed by atoms with Crippen LogP contribution in [0.2, 0.25) is 0 Å². The molecule has 0 aliphatic heterocycles. The monoisotopic (exact) mass is 366 g/mol. The predicted octanol–water partition coefficient (Wildman–Crippen LogP) is 4.04. The van der Waals surface area contributed by atoms with E-state index >= 15 is 0 Å². The summed E-state index contributed by atoms with van der Waals surface area (Å²) < 4.78 is 18.6. The number of halogens is 1. The summed E-state index contributed by atoms with van der Waals surface area (Å²) in [6, 6.07) is 14.4. The standard InChI is InChI=1S/C21H23FN4O/c1-3-23-21(24-12-16-6-10-18(22)11-7-16)25-13-19-14-27-20(26-19)17-8-4-15(2)5-9-17/h4-11,14H,3,12-13H2,1-2H3,(H2,23,24,25). The molecule has 0 unspecified atom stereocenters. The van der Waals surface area contributed by atoms with Crippen molar-refractivity contribution >= 4 is 5.96 Å². The Hall–Kier alpha value is -3.15. The molecule has 1 aromatic heterocycles. The fourth-order valence-corrected chi connectivity index (χ4v) is 2.49. The van der Waals surface area contributed by atoms with Crippen LogP contribution >= 0.6 is 0 Å². The Morgan fingerprint density at radius 2 is 1.81 bits per heavy atom. The number of hydrogen-bond donors (Lipinski definition) is 2. The van der Waals surface area contributed by atoms with Gasteiger partial charge < -0.3 is 15.1 Å². The summed E-state index contributed by atoms with van der Waals surface area (Å²) in [5.74, 6) is 1.02. The van der Waals surface area contributed by atoms with E-state index in [1.54, 1.807) is 18.4 Å². The maximum absolute atomic E-state index is 13.0. The smallest absolute Gasteiger partial charge is 0.226 e. The third kappa shape index (κ3) is 5.41. The maximum atomic E-state index is 13.0. The van der Waals surface area contributed by atoms with Crippen molar-refractivity contribution < 1.29 is 8.81 Å². The summed E-state index contributed by atoms with van der Waals surface area (Å²) in [7, 11) is 0. The average molecular weight is 366 g/mol. The third-order valence-electron chi connectivity index (χ3n) is 3.96. The molecule has 0 spiro atoms. The van der Waals surface area contributed by atoms with E-state index in [-0.39, 0.29) is 5.82 Å². The predicted molar refractivity (Wildman–Crippen MR) is 105 cm³/mol. The minimum atomic E-state index is -0.247. The van der Waals surface area contributed by atoms with E-state index < -0.39 is 0 Å². The van der Waals surface area contributed by atoms with Gasteiger partial charge in [0.2, 0.25) is 5.89 Å². The Morgan fingerprint density at radius 1 is 1.07 bits per heavy atom. The molecule has 0 aliphatic rings. The summed E-state index contributed by atoms with van der Waals surface area (Å²) >= 11 is 0. The largest absolute Gasteiger partial charge is 0.444 e. The van der Waals surface area contributed by atoms with Crippen molar-refractivity contribution in [2.75, 3.05) is 6.54 Å². The molecule has 0 bridgehead atoms. The second-order valence-corrected chi connectivity index (χ2v) is 6.19. The summed E-state index contributed by atoms with van der Waals surface area (Å²) in [6.07, 6.45) is 1.64. The summed E-state index contributed by atoms with van der Waals surface area (Å²) in [4.78, 5) is 9.03. The number of oxazole rings is 1. The zero-order chi connectivity index (χ0) is 19.1. The van der Waals surface area contributed by atoms with Crippen LogP contribution in [0.4, 0.5) is 4.39 Å². The first-order valence-electron chi connectivity index (χ1n) is 8.92. The van der Waals surface area contributed by atoms with E-state index in [1.165, 1.54) is 17.7 Å². The van der Waals surface area contributed by atoms with Crippen molar-refractivity contribution in [3.8, 4) is 11.5 Å². The lowest BCUT2D eigenvalue weighted by Crippen LogP contribution is -2.36. The van der Waals surface area contributed by atoms with Crippen LogP contribution in [0.5, 0.6) is 0 Å². The maximum Gasteiger partial charge on any atom is 0.226 e. The molecule has 0 radical (unpaired) electrons. The second-order valence-electron chi connectivity index (χ2n) is 6.19. The van der Waals surface area contributed by atoms with Crippen LogP contribution < -0.4 is 10.6 Å². The summed E-state index contributed by atoms with van der Waals surface area (Å²) in [5.41, 5.74) is 3.87. The summed E-state index contributed by atoms with van der Waals surface area (Å²) in [6.45, 7) is 5.74. The Labute approximate surface area is 158 Å². The lowest BCUT2D eigenvalue weighted by atomic mass is 10.1. The topological polar surface area (TPSA) is 62.5 Å². The molecule has 140 valence electrons. The molecule has 2 N–H and O–H groups in total. The molecule has 0 saturated carbocycles. The highest BCUT2D eigenvalue weighted by Crippen LogP contribution is 2.19. The molecular weight excluding hydrogens is 343 g/mol. The van der Waals surface area contributed by atoms with Gasteiger partial charge in [-0.3, -0.25) is 0 Å². The molecule has 0 aliphatic carbocycles. The van der Waals surface area contributed by atoms with Gasteiger partial charge in [0, 0.05) is 12.1 Å². The quantitative estimate of drug-likeness (QED) is 0.510. The molecule has 27 heavy (non-hydrogen) atoms. The van der Waals surface area contributed by atoms with Gasteiger partial charge >= 0.3 is 0 Å². The van der Waals surface area contributed by atoms with E-state index in [9.17, 15) is 4.39 Å². The minimum absolute atomic E-state index is 0.247. The second kappa shape index (κ2) is 8.98. The number of nitrogens with one attached hydrogen (secondary N) is 2. The number of guanidine groups is 1. The lowest BCUT2D eigenvalue weighted by Gasteiger charge is -2.10. The van der Waals surface area contributed by atoms with Gasteiger partial charge in [0.1, 0.15) is 12.1 Å². The Morgan fingerprint density at radius 3 is 2.52 bits per heavy atom. The molecule has 2 aromatic carbocycles. The fourth-order valence-electron chi connectivity index (χ4n) is 2.49. The van der Waals surface area contributed by atoms with Gasteiger partial charge in [-0.2, -0.15) is 0 Å². The van der Waals surface area contributed by atoms with Crippen LogP contribution in [-0.4, -0.2) is 17.5 Å². The lowest BCUT2D eigenvalue weighted by molar-refractivity contribution is 0.572. The highest BCUT2D eigenvalue weighted by atomic mass is 19.1. The number of aryl methyl sites for hydroxylation is 1. The van der Waals surface area contributed by atoms with Gasteiger partial charge in [-0.25, -0.2) is 14.4 Å². The SMILES string of the molecule is CCNC(=NCc1ccc(F)cc1)NCc1coc(-c2ccc(C)cc2)n1. The first-order valence-corrected chi connectivity index (χ1v) is 8.92. The molecule has 3 rings (SSSR count). The number of benzene rings is 2. The number of hydrogen-bond acceptors (Lipinski definition) is 3. The van der Waals surface area contributed by atoms with Gasteiger partial charge in [-0.15, -0.1) is 0 Å². The van der Waals surface area contributed by atoms with E-state index in [0.717, 1.165) is 23.4 Å². The number of aromatic nitrogens is 1. The van der Waals surface area contributed by atoms with Crippen molar-refractivity contribution in [3.63, 3.8) is 0 Å². The normalized spacial score (nSPS) is 11.4. The molecule has 0 fully saturated rings. The molecule has 1 heterocycles. The molecular formula is C21H23FN4O. The van der Waals surface area contributed by atoms with Crippen molar-refractivity contribution in [1.29, 1.82) is 0 Å².